The average Bonchev–Trinajstić information content (AvgIpc) is 3.63. The Balaban J connectivity index is 1.48. The monoisotopic (exact) mass is 626 g/mol. The molecule has 1 aromatic heterocycles. The average molecular weight is 627 g/mol. The van der Waals surface area contributed by atoms with E-state index >= 15 is 0 Å². The highest BCUT2D eigenvalue weighted by molar-refractivity contribution is 6.50. The predicted octanol–water partition coefficient (Wildman–Crippen LogP) is 5.94. The fourth-order valence-corrected chi connectivity index (χ4v) is 6.42. The van der Waals surface area contributed by atoms with E-state index in [4.69, 9.17) is 6.57 Å². The summed E-state index contributed by atoms with van der Waals surface area (Å²) in [4.78, 5) is 32.7. The first-order valence-electron chi connectivity index (χ1n) is 16.4. The molecule has 0 unspecified atom stereocenters. The van der Waals surface area contributed by atoms with Gasteiger partial charge < -0.3 is 14.9 Å². The van der Waals surface area contributed by atoms with E-state index in [1.165, 1.54) is 54.5 Å². The number of para-hydroxylation sites is 2. The Kier molecular flexibility index (Phi) is 9.58. The maximum absolute atomic E-state index is 14.0. The molecule has 1 N–H and O–H groups in total. The molecule has 1 amide bonds. The zero-order valence-corrected chi connectivity index (χ0v) is 26.6. The minimum absolute atomic E-state index is 0.0713. The number of amides is 1. The van der Waals surface area contributed by atoms with Gasteiger partial charge in [0.05, 0.1) is 22.3 Å². The Hall–Kier alpha value is -5.49. The van der Waals surface area contributed by atoms with Crippen molar-refractivity contribution in [2.75, 3.05) is 23.0 Å². The Morgan fingerprint density at radius 2 is 1.66 bits per heavy atom. The molecule has 2 aliphatic heterocycles. The number of aryl methyl sites for hydroxylation is 1. The van der Waals surface area contributed by atoms with Crippen molar-refractivity contribution in [2.45, 2.75) is 58.3 Å². The summed E-state index contributed by atoms with van der Waals surface area (Å²) in [5.74, 6) is -2.06. The first kappa shape index (κ1) is 31.5. The van der Waals surface area contributed by atoms with E-state index in [2.05, 4.69) is 39.0 Å². The third-order valence-corrected chi connectivity index (χ3v) is 8.71. The van der Waals surface area contributed by atoms with E-state index < -0.39 is 11.9 Å². The van der Waals surface area contributed by atoms with Crippen molar-refractivity contribution in [1.29, 1.82) is 0 Å². The van der Waals surface area contributed by atoms with Gasteiger partial charge >= 0.3 is 11.8 Å². The van der Waals surface area contributed by atoms with E-state index in [-0.39, 0.29) is 22.3 Å². The van der Waals surface area contributed by atoms with Crippen molar-refractivity contribution in [1.82, 2.24) is 9.78 Å². The van der Waals surface area contributed by atoms with Crippen molar-refractivity contribution in [3.05, 3.63) is 118 Å². The number of unbranched alkanes of at least 4 members (excludes halogenated alkanes) is 5. The van der Waals surface area contributed by atoms with Crippen LogP contribution in [0.25, 0.3) is 22.2 Å². The second-order valence-corrected chi connectivity index (χ2v) is 11.9. The summed E-state index contributed by atoms with van der Waals surface area (Å²) in [5, 5.41) is 20.8. The molecule has 9 nitrogen and oxygen atoms in total. The van der Waals surface area contributed by atoms with Gasteiger partial charge in [0.2, 0.25) is 0 Å². The zero-order chi connectivity index (χ0) is 32.8. The maximum Gasteiger partial charge on any atom is 0.357 e. The van der Waals surface area contributed by atoms with Gasteiger partial charge in [-0.2, -0.15) is 5.10 Å². The van der Waals surface area contributed by atoms with E-state index in [1.807, 2.05) is 48.5 Å². The molecule has 0 spiro atoms. The third kappa shape index (κ3) is 6.59. The number of rotatable bonds is 11. The van der Waals surface area contributed by atoms with E-state index in [0.717, 1.165) is 36.5 Å². The van der Waals surface area contributed by atoms with Crippen LogP contribution in [0.1, 0.15) is 73.5 Å². The summed E-state index contributed by atoms with van der Waals surface area (Å²) in [6.45, 7) is 12.2. The number of carbonyl (C=O) groups is 2. The van der Waals surface area contributed by atoms with Crippen LogP contribution < -0.4 is 20.5 Å². The minimum atomic E-state index is -1.30. The molecule has 47 heavy (non-hydrogen) atoms. The first-order chi connectivity index (χ1) is 23.0. The Morgan fingerprint density at radius 3 is 2.36 bits per heavy atom. The van der Waals surface area contributed by atoms with E-state index in [1.54, 1.807) is 24.3 Å². The van der Waals surface area contributed by atoms with Crippen LogP contribution in [0.2, 0.25) is 0 Å². The topological polar surface area (TPSA) is 95.4 Å². The van der Waals surface area contributed by atoms with Gasteiger partial charge in [0, 0.05) is 24.0 Å². The largest absolute Gasteiger partial charge is 0.476 e. The highest BCUT2D eigenvalue weighted by Gasteiger charge is 2.37. The Bertz CT molecular complexity index is 1980. The maximum atomic E-state index is 14.0. The molecular weight excluding hydrogens is 588 g/mol. The number of aromatic carboxylic acids is 1. The summed E-state index contributed by atoms with van der Waals surface area (Å²) >= 11 is 0. The number of fused-ring (bicyclic) bond motifs is 1. The van der Waals surface area contributed by atoms with E-state index in [9.17, 15) is 14.7 Å². The number of hydrazone groups is 1. The molecule has 0 fully saturated rings. The van der Waals surface area contributed by atoms with E-state index in [0.29, 0.717) is 16.7 Å². The molecule has 0 aliphatic carbocycles. The second-order valence-electron chi connectivity index (χ2n) is 11.9. The lowest BCUT2D eigenvalue weighted by molar-refractivity contribution is -0.112. The zero-order valence-electron chi connectivity index (χ0n) is 26.6. The number of amidine groups is 1. The van der Waals surface area contributed by atoms with Crippen LogP contribution in [0.15, 0.2) is 84.0 Å². The van der Waals surface area contributed by atoms with Crippen LogP contribution in [0.4, 0.5) is 11.4 Å². The number of carbonyl (C=O) groups excluding carboxylic acids is 1. The van der Waals surface area contributed by atoms with Gasteiger partial charge in [-0.1, -0.05) is 88.1 Å². The molecule has 0 atom stereocenters. The van der Waals surface area contributed by atoms with Crippen LogP contribution in [-0.4, -0.2) is 45.7 Å². The number of benzene rings is 3. The first-order valence-corrected chi connectivity index (χ1v) is 16.4. The van der Waals surface area contributed by atoms with Crippen LogP contribution >= 0.6 is 0 Å². The predicted molar refractivity (Wildman–Crippen MR) is 185 cm³/mol. The molecule has 6 rings (SSSR count). The third-order valence-electron chi connectivity index (χ3n) is 8.71. The standard InChI is InChI=1S/C38H38N6O3/c1-3-4-5-6-7-14-23-42-24-15-16-28-25-27(21-22-31(28)42)26-32-33(35(38(46)47)40-43(32)29-17-10-8-11-18-29)34-36(39-2)41-44(37(34)45)30-19-12-9-13-20-30/h8-13,17-22,25-26H,3-7,14-16,23-24H2,1H3,(H,46,47). The highest BCUT2D eigenvalue weighted by Crippen LogP contribution is 2.29. The fourth-order valence-electron chi connectivity index (χ4n) is 6.42. The van der Waals surface area contributed by atoms with Crippen LogP contribution in [0.3, 0.4) is 0 Å². The number of anilines is 2. The minimum Gasteiger partial charge on any atom is -0.476 e. The number of carboxylic acids is 1. The molecule has 0 saturated carbocycles. The normalized spacial score (nSPS) is 15.9. The summed E-state index contributed by atoms with van der Waals surface area (Å²) < 4.78 is 1.54. The smallest absolute Gasteiger partial charge is 0.357 e. The lowest BCUT2D eigenvalue weighted by atomic mass is 9.98. The number of carboxylic acid groups (broad SMARTS) is 1. The molecule has 0 bridgehead atoms. The van der Waals surface area contributed by atoms with Crippen molar-refractivity contribution in [3.63, 3.8) is 0 Å². The van der Waals surface area contributed by atoms with Gasteiger partial charge in [0.25, 0.3) is 5.91 Å². The molecule has 3 heterocycles. The molecule has 9 heteroatoms. The van der Waals surface area contributed by atoms with Gasteiger partial charge in [0.1, 0.15) is 0 Å². The summed E-state index contributed by atoms with van der Waals surface area (Å²) in [6, 6.07) is 24.3. The lowest BCUT2D eigenvalue weighted by Gasteiger charge is -2.31. The van der Waals surface area contributed by atoms with Gasteiger partial charge in [-0.05, 0) is 78.0 Å². The SMILES string of the molecule is [C-]#[N+]C1=NN(c2ccccc2)C(=O)C1=c1c(C(=O)O)nn(-c2ccccc2)c1=Cc1ccc2c(c1)CCCN2CCCCCCCC. The van der Waals surface area contributed by atoms with Crippen molar-refractivity contribution in [2.24, 2.45) is 5.10 Å². The van der Waals surface area contributed by atoms with Gasteiger partial charge in [-0.3, -0.25) is 4.79 Å². The summed E-state index contributed by atoms with van der Waals surface area (Å²) in [6.07, 6.45) is 11.4. The molecule has 2 aliphatic rings. The fraction of sp³-hybridized carbons (Fsp3) is 0.289. The number of nitrogens with zero attached hydrogens (tertiary/aromatic N) is 6. The lowest BCUT2D eigenvalue weighted by Crippen LogP contribution is -2.37. The number of hydrogen-bond acceptors (Lipinski definition) is 5. The molecule has 3 aromatic carbocycles. The number of hydrogen-bond donors (Lipinski definition) is 1. The number of aromatic nitrogens is 2. The summed E-state index contributed by atoms with van der Waals surface area (Å²) in [7, 11) is 0. The molecule has 238 valence electrons. The molecule has 4 aromatic rings. The van der Waals surface area contributed by atoms with Crippen molar-refractivity contribution >= 4 is 40.7 Å². The van der Waals surface area contributed by atoms with Crippen molar-refractivity contribution < 1.29 is 14.7 Å². The Labute approximate surface area is 274 Å². The van der Waals surface area contributed by atoms with Gasteiger partial charge in [-0.25, -0.2) is 9.48 Å². The second kappa shape index (κ2) is 14.3. The molecular formula is C38H38N6O3. The van der Waals surface area contributed by atoms with Gasteiger partial charge in [0.15, 0.2) is 5.69 Å². The molecule has 0 radical (unpaired) electrons. The van der Waals surface area contributed by atoms with Crippen LogP contribution in [-0.2, 0) is 11.2 Å². The van der Waals surface area contributed by atoms with Crippen molar-refractivity contribution in [3.8, 4) is 5.69 Å². The Morgan fingerprint density at radius 1 is 0.957 bits per heavy atom. The van der Waals surface area contributed by atoms with Crippen LogP contribution in [0, 0.1) is 6.57 Å². The highest BCUT2D eigenvalue weighted by atomic mass is 16.4. The summed E-state index contributed by atoms with van der Waals surface area (Å²) in [5.41, 5.74) is 4.04. The quantitative estimate of drug-likeness (QED) is 0.164. The molecule has 0 saturated heterocycles. The van der Waals surface area contributed by atoms with Gasteiger partial charge in [-0.15, -0.1) is 5.01 Å². The van der Waals surface area contributed by atoms with Crippen LogP contribution in [0.5, 0.6) is 0 Å².